The molecule has 0 atom stereocenters. The van der Waals surface area contributed by atoms with Crippen LogP contribution in [0.5, 0.6) is 0 Å². The van der Waals surface area contributed by atoms with E-state index in [1.165, 1.54) is 0 Å². The first-order valence-electron chi connectivity index (χ1n) is 5.18. The fourth-order valence-electron chi connectivity index (χ4n) is 1.43. The van der Waals surface area contributed by atoms with Crippen molar-refractivity contribution in [1.29, 1.82) is 0 Å². The molecule has 1 aromatic carbocycles. The van der Waals surface area contributed by atoms with E-state index in [-0.39, 0.29) is 5.56 Å². The summed E-state index contributed by atoms with van der Waals surface area (Å²) in [6.07, 6.45) is 5.41. The molecule has 0 aliphatic carbocycles. The maximum atomic E-state index is 10.8. The van der Waals surface area contributed by atoms with E-state index in [1.54, 1.807) is 24.4 Å². The highest BCUT2D eigenvalue weighted by atomic mass is 16.4. The summed E-state index contributed by atoms with van der Waals surface area (Å²) < 4.78 is 0. The summed E-state index contributed by atoms with van der Waals surface area (Å²) in [7, 11) is 0. The molecule has 0 fully saturated rings. The fraction of sp³-hybridized carbons (Fsp3) is 0. The lowest BCUT2D eigenvalue weighted by molar-refractivity contribution is 0.0697. The lowest BCUT2D eigenvalue weighted by atomic mass is 10.1. The Morgan fingerprint density at radius 3 is 2.71 bits per heavy atom. The fourth-order valence-corrected chi connectivity index (χ4v) is 1.43. The molecule has 3 heteroatoms. The van der Waals surface area contributed by atoms with Crippen LogP contribution in [0, 0.1) is 0 Å². The standard InChI is InChI=1S/C14H11NO2/c16-14(17)12-5-3-4-11(10-12)7-8-13-6-1-2-9-15-13/h1-10H,(H,16,17). The van der Waals surface area contributed by atoms with E-state index >= 15 is 0 Å². The second-order valence-corrected chi connectivity index (χ2v) is 3.52. The van der Waals surface area contributed by atoms with Crippen molar-refractivity contribution < 1.29 is 9.90 Å². The van der Waals surface area contributed by atoms with Crippen LogP contribution in [0.4, 0.5) is 0 Å². The van der Waals surface area contributed by atoms with Crippen molar-refractivity contribution in [3.05, 3.63) is 65.5 Å². The largest absolute Gasteiger partial charge is 0.478 e. The van der Waals surface area contributed by atoms with Crippen LogP contribution in [-0.2, 0) is 0 Å². The highest BCUT2D eigenvalue weighted by molar-refractivity contribution is 5.88. The van der Waals surface area contributed by atoms with Crippen LogP contribution in [0.3, 0.4) is 0 Å². The van der Waals surface area contributed by atoms with Crippen LogP contribution in [0.2, 0.25) is 0 Å². The van der Waals surface area contributed by atoms with Gasteiger partial charge in [0.05, 0.1) is 11.3 Å². The number of hydrogen-bond acceptors (Lipinski definition) is 2. The Balaban J connectivity index is 2.22. The highest BCUT2D eigenvalue weighted by Gasteiger charge is 2.00. The van der Waals surface area contributed by atoms with Gasteiger partial charge in [0.25, 0.3) is 0 Å². The molecule has 0 amide bonds. The van der Waals surface area contributed by atoms with Crippen molar-refractivity contribution in [1.82, 2.24) is 4.98 Å². The third-order valence-electron chi connectivity index (χ3n) is 2.27. The Morgan fingerprint density at radius 1 is 1.12 bits per heavy atom. The Bertz CT molecular complexity index is 547. The molecule has 2 rings (SSSR count). The molecule has 0 bridgehead atoms. The van der Waals surface area contributed by atoms with Crippen molar-refractivity contribution in [2.75, 3.05) is 0 Å². The van der Waals surface area contributed by atoms with Crippen molar-refractivity contribution in [2.45, 2.75) is 0 Å². The van der Waals surface area contributed by atoms with Gasteiger partial charge in [-0.25, -0.2) is 4.79 Å². The van der Waals surface area contributed by atoms with Crippen LogP contribution >= 0.6 is 0 Å². The Hall–Kier alpha value is -2.42. The van der Waals surface area contributed by atoms with E-state index in [4.69, 9.17) is 5.11 Å². The smallest absolute Gasteiger partial charge is 0.335 e. The van der Waals surface area contributed by atoms with Gasteiger partial charge in [-0.1, -0.05) is 24.3 Å². The zero-order chi connectivity index (χ0) is 12.1. The van der Waals surface area contributed by atoms with E-state index in [1.807, 2.05) is 36.4 Å². The molecule has 0 aliphatic heterocycles. The van der Waals surface area contributed by atoms with E-state index in [2.05, 4.69) is 4.98 Å². The molecule has 0 saturated carbocycles. The first kappa shape index (κ1) is 11.1. The predicted molar refractivity (Wildman–Crippen MR) is 66.6 cm³/mol. The summed E-state index contributed by atoms with van der Waals surface area (Å²) in [4.78, 5) is 14.9. The highest BCUT2D eigenvalue weighted by Crippen LogP contribution is 2.09. The Kier molecular flexibility index (Phi) is 3.31. The molecule has 1 aromatic heterocycles. The number of aromatic carboxylic acids is 1. The second-order valence-electron chi connectivity index (χ2n) is 3.52. The SMILES string of the molecule is O=C(O)c1cccc(C=Cc2ccccn2)c1. The molecule has 3 nitrogen and oxygen atoms in total. The number of hydrogen-bond donors (Lipinski definition) is 1. The van der Waals surface area contributed by atoms with Crippen LogP contribution in [0.25, 0.3) is 12.2 Å². The van der Waals surface area contributed by atoms with Gasteiger partial charge in [0.2, 0.25) is 0 Å². The molecule has 0 radical (unpaired) electrons. The van der Waals surface area contributed by atoms with E-state index in [0.717, 1.165) is 11.3 Å². The third-order valence-corrected chi connectivity index (χ3v) is 2.27. The minimum Gasteiger partial charge on any atom is -0.478 e. The number of carboxylic acid groups (broad SMARTS) is 1. The lowest BCUT2D eigenvalue weighted by Crippen LogP contribution is -1.95. The van der Waals surface area contributed by atoms with Crippen molar-refractivity contribution in [3.63, 3.8) is 0 Å². The molecule has 0 unspecified atom stereocenters. The molecule has 0 aliphatic rings. The van der Waals surface area contributed by atoms with Crippen molar-refractivity contribution in [2.24, 2.45) is 0 Å². The van der Waals surface area contributed by atoms with Gasteiger partial charge in [-0.2, -0.15) is 0 Å². The molecule has 17 heavy (non-hydrogen) atoms. The summed E-state index contributed by atoms with van der Waals surface area (Å²) in [5.41, 5.74) is 1.97. The van der Waals surface area contributed by atoms with Gasteiger partial charge in [-0.15, -0.1) is 0 Å². The van der Waals surface area contributed by atoms with Gasteiger partial charge in [-0.3, -0.25) is 4.98 Å². The monoisotopic (exact) mass is 225 g/mol. The number of carbonyl (C=O) groups is 1. The summed E-state index contributed by atoms with van der Waals surface area (Å²) >= 11 is 0. The number of pyridine rings is 1. The van der Waals surface area contributed by atoms with Gasteiger partial charge in [-0.05, 0) is 35.9 Å². The van der Waals surface area contributed by atoms with Crippen molar-refractivity contribution in [3.8, 4) is 0 Å². The van der Waals surface area contributed by atoms with Crippen LogP contribution in [-0.4, -0.2) is 16.1 Å². The molecule has 0 saturated heterocycles. The Morgan fingerprint density at radius 2 is 2.00 bits per heavy atom. The van der Waals surface area contributed by atoms with Gasteiger partial charge < -0.3 is 5.11 Å². The predicted octanol–water partition coefficient (Wildman–Crippen LogP) is 2.95. The summed E-state index contributed by atoms with van der Waals surface area (Å²) in [5.74, 6) is -0.918. The molecular weight excluding hydrogens is 214 g/mol. The van der Waals surface area contributed by atoms with Gasteiger partial charge in [0, 0.05) is 6.20 Å². The summed E-state index contributed by atoms with van der Waals surface area (Å²) in [5, 5.41) is 8.86. The number of rotatable bonds is 3. The Labute approximate surface area is 99.1 Å². The minimum absolute atomic E-state index is 0.285. The molecule has 0 spiro atoms. The number of aromatic nitrogens is 1. The van der Waals surface area contributed by atoms with Gasteiger partial charge >= 0.3 is 5.97 Å². The molecule has 84 valence electrons. The normalized spacial score (nSPS) is 10.6. The minimum atomic E-state index is -0.918. The zero-order valence-corrected chi connectivity index (χ0v) is 9.08. The zero-order valence-electron chi connectivity index (χ0n) is 9.08. The van der Waals surface area contributed by atoms with Gasteiger partial charge in [0.15, 0.2) is 0 Å². The first-order chi connectivity index (χ1) is 8.25. The average molecular weight is 225 g/mol. The maximum Gasteiger partial charge on any atom is 0.335 e. The third kappa shape index (κ3) is 3.01. The number of nitrogens with zero attached hydrogens (tertiary/aromatic N) is 1. The topological polar surface area (TPSA) is 50.2 Å². The maximum absolute atomic E-state index is 10.8. The lowest BCUT2D eigenvalue weighted by Gasteiger charge is -1.96. The molecule has 1 N–H and O–H groups in total. The summed E-state index contributed by atoms with van der Waals surface area (Å²) in [6.45, 7) is 0. The quantitative estimate of drug-likeness (QED) is 0.873. The average Bonchev–Trinajstić information content (AvgIpc) is 2.38. The molecular formula is C14H11NO2. The van der Waals surface area contributed by atoms with Crippen LogP contribution in [0.15, 0.2) is 48.7 Å². The van der Waals surface area contributed by atoms with Crippen molar-refractivity contribution >= 4 is 18.1 Å². The molecule has 2 aromatic rings. The number of benzene rings is 1. The number of carboxylic acids is 1. The van der Waals surface area contributed by atoms with Crippen LogP contribution in [0.1, 0.15) is 21.6 Å². The van der Waals surface area contributed by atoms with E-state index in [9.17, 15) is 4.79 Å². The van der Waals surface area contributed by atoms with E-state index < -0.39 is 5.97 Å². The summed E-state index contributed by atoms with van der Waals surface area (Å²) in [6, 6.07) is 12.4. The van der Waals surface area contributed by atoms with Gasteiger partial charge in [0.1, 0.15) is 0 Å². The van der Waals surface area contributed by atoms with Crippen LogP contribution < -0.4 is 0 Å². The van der Waals surface area contributed by atoms with E-state index in [0.29, 0.717) is 0 Å². The second kappa shape index (κ2) is 5.07. The molecule has 1 heterocycles. The first-order valence-corrected chi connectivity index (χ1v) is 5.18.